The maximum atomic E-state index is 11.8. The number of aromatic nitrogens is 1. The standard InChI is InChI=1S/C14H12N2O3S/c17-3-1-2-10-4-13(20-9-10)8-16-14(19)11-5-12(18)7-15-6-11/h4-7,9,17-18H,3,8H2,(H,16,19). The molecule has 0 aliphatic carbocycles. The van der Waals surface area contributed by atoms with Crippen LogP contribution in [0, 0.1) is 11.8 Å². The van der Waals surface area contributed by atoms with Crippen LogP contribution in [0.1, 0.15) is 20.8 Å². The summed E-state index contributed by atoms with van der Waals surface area (Å²) in [6.45, 7) is 0.201. The van der Waals surface area contributed by atoms with Gasteiger partial charge in [0.15, 0.2) is 0 Å². The zero-order valence-electron chi connectivity index (χ0n) is 10.5. The number of hydrogen-bond donors (Lipinski definition) is 3. The molecule has 0 fully saturated rings. The Bertz CT molecular complexity index is 670. The lowest BCUT2D eigenvalue weighted by atomic mass is 10.2. The van der Waals surface area contributed by atoms with E-state index in [2.05, 4.69) is 22.1 Å². The summed E-state index contributed by atoms with van der Waals surface area (Å²) in [5, 5.41) is 22.5. The third-order valence-corrected chi connectivity index (χ3v) is 3.31. The Labute approximate surface area is 119 Å². The first kappa shape index (κ1) is 14.1. The van der Waals surface area contributed by atoms with E-state index in [4.69, 9.17) is 5.11 Å². The van der Waals surface area contributed by atoms with Gasteiger partial charge in [0.05, 0.1) is 18.3 Å². The number of rotatable bonds is 3. The van der Waals surface area contributed by atoms with Crippen molar-refractivity contribution in [2.24, 2.45) is 0 Å². The number of thiophene rings is 1. The van der Waals surface area contributed by atoms with Gasteiger partial charge < -0.3 is 15.5 Å². The van der Waals surface area contributed by atoms with Gasteiger partial charge in [-0.25, -0.2) is 0 Å². The second-order valence-corrected chi connectivity index (χ2v) is 4.87. The third-order valence-electron chi connectivity index (χ3n) is 2.37. The molecule has 0 unspecified atom stereocenters. The molecule has 1 amide bonds. The Kier molecular flexibility index (Phi) is 4.71. The van der Waals surface area contributed by atoms with E-state index in [0.717, 1.165) is 10.4 Å². The first-order valence-electron chi connectivity index (χ1n) is 5.78. The van der Waals surface area contributed by atoms with Crippen LogP contribution < -0.4 is 5.32 Å². The van der Waals surface area contributed by atoms with Crippen LogP contribution in [0.25, 0.3) is 0 Å². The molecule has 3 N–H and O–H groups in total. The number of nitrogens with zero attached hydrogens (tertiary/aromatic N) is 1. The van der Waals surface area contributed by atoms with Gasteiger partial charge in [0.1, 0.15) is 12.4 Å². The van der Waals surface area contributed by atoms with Crippen LogP contribution >= 0.6 is 11.3 Å². The average Bonchev–Trinajstić information content (AvgIpc) is 2.90. The minimum absolute atomic E-state index is 0.0460. The fourth-order valence-electron chi connectivity index (χ4n) is 1.50. The monoisotopic (exact) mass is 288 g/mol. The highest BCUT2D eigenvalue weighted by Gasteiger charge is 2.07. The number of pyridine rings is 1. The minimum Gasteiger partial charge on any atom is -0.506 e. The normalized spacial score (nSPS) is 9.65. The number of nitrogens with one attached hydrogen (secondary N) is 1. The number of aliphatic hydroxyl groups is 1. The molecule has 0 radical (unpaired) electrons. The number of aliphatic hydroxyl groups excluding tert-OH is 1. The predicted octanol–water partition coefficient (Wildman–Crippen LogP) is 1.12. The highest BCUT2D eigenvalue weighted by molar-refractivity contribution is 7.10. The van der Waals surface area contributed by atoms with Gasteiger partial charge in [-0.05, 0) is 12.1 Å². The maximum Gasteiger partial charge on any atom is 0.253 e. The summed E-state index contributed by atoms with van der Waals surface area (Å²) in [7, 11) is 0. The number of amides is 1. The van der Waals surface area contributed by atoms with Crippen molar-refractivity contribution in [3.05, 3.63) is 45.9 Å². The second kappa shape index (κ2) is 6.70. The first-order chi connectivity index (χ1) is 9.69. The Morgan fingerprint density at radius 1 is 1.40 bits per heavy atom. The maximum absolute atomic E-state index is 11.8. The van der Waals surface area contributed by atoms with E-state index in [-0.39, 0.29) is 18.3 Å². The summed E-state index contributed by atoms with van der Waals surface area (Å²) in [5.41, 5.74) is 1.12. The molecule has 0 aromatic carbocycles. The molecule has 5 nitrogen and oxygen atoms in total. The minimum atomic E-state index is -0.301. The van der Waals surface area contributed by atoms with E-state index in [9.17, 15) is 9.90 Å². The quantitative estimate of drug-likeness (QED) is 0.739. The van der Waals surface area contributed by atoms with Gasteiger partial charge in [-0.1, -0.05) is 11.8 Å². The number of hydrogen-bond acceptors (Lipinski definition) is 5. The summed E-state index contributed by atoms with van der Waals surface area (Å²) in [4.78, 5) is 16.5. The molecule has 20 heavy (non-hydrogen) atoms. The SMILES string of the molecule is O=C(NCc1cc(C#CCO)cs1)c1cncc(O)c1. The Hall–Kier alpha value is -2.36. The molecule has 2 aromatic rings. The van der Waals surface area contributed by atoms with Crippen molar-refractivity contribution >= 4 is 17.2 Å². The Balaban J connectivity index is 1.95. The van der Waals surface area contributed by atoms with Crippen molar-refractivity contribution in [2.45, 2.75) is 6.54 Å². The third kappa shape index (κ3) is 3.82. The molecule has 6 heteroatoms. The zero-order valence-corrected chi connectivity index (χ0v) is 11.3. The van der Waals surface area contributed by atoms with Gasteiger partial charge >= 0.3 is 0 Å². The molecule has 0 saturated carbocycles. The Morgan fingerprint density at radius 3 is 3.00 bits per heavy atom. The summed E-state index contributed by atoms with van der Waals surface area (Å²) >= 11 is 1.48. The fraction of sp³-hybridized carbons (Fsp3) is 0.143. The molecule has 2 rings (SSSR count). The number of aromatic hydroxyl groups is 1. The lowest BCUT2D eigenvalue weighted by molar-refractivity contribution is 0.0950. The van der Waals surface area contributed by atoms with Crippen molar-refractivity contribution in [1.29, 1.82) is 0 Å². The molecule has 2 heterocycles. The van der Waals surface area contributed by atoms with Crippen molar-refractivity contribution in [3.8, 4) is 17.6 Å². The van der Waals surface area contributed by atoms with Gasteiger partial charge in [-0.3, -0.25) is 9.78 Å². The molecule has 0 aliphatic rings. The van der Waals surface area contributed by atoms with E-state index in [1.807, 2.05) is 11.4 Å². The average molecular weight is 288 g/mol. The van der Waals surface area contributed by atoms with E-state index in [1.165, 1.54) is 29.8 Å². The Morgan fingerprint density at radius 2 is 2.25 bits per heavy atom. The first-order valence-corrected chi connectivity index (χ1v) is 6.66. The van der Waals surface area contributed by atoms with Crippen LogP contribution in [0.3, 0.4) is 0 Å². The largest absolute Gasteiger partial charge is 0.506 e. The van der Waals surface area contributed by atoms with E-state index < -0.39 is 0 Å². The lowest BCUT2D eigenvalue weighted by Gasteiger charge is -2.03. The van der Waals surface area contributed by atoms with Crippen molar-refractivity contribution in [3.63, 3.8) is 0 Å². The van der Waals surface area contributed by atoms with E-state index in [1.54, 1.807) is 0 Å². The molecule has 0 atom stereocenters. The highest BCUT2D eigenvalue weighted by atomic mass is 32.1. The molecule has 0 aliphatic heterocycles. The van der Waals surface area contributed by atoms with Crippen LogP contribution in [0.5, 0.6) is 5.75 Å². The van der Waals surface area contributed by atoms with Gasteiger partial charge in [0.2, 0.25) is 0 Å². The van der Waals surface area contributed by atoms with Crippen molar-refractivity contribution < 1.29 is 15.0 Å². The molecule has 0 spiro atoms. The second-order valence-electron chi connectivity index (χ2n) is 3.88. The summed E-state index contributed by atoms with van der Waals surface area (Å²) in [5.74, 6) is 5.01. The molecule has 0 bridgehead atoms. The highest BCUT2D eigenvalue weighted by Crippen LogP contribution is 2.14. The lowest BCUT2D eigenvalue weighted by Crippen LogP contribution is -2.22. The smallest absolute Gasteiger partial charge is 0.253 e. The van der Waals surface area contributed by atoms with E-state index in [0.29, 0.717) is 12.1 Å². The van der Waals surface area contributed by atoms with Gasteiger partial charge in [-0.15, -0.1) is 11.3 Å². The fourth-order valence-corrected chi connectivity index (χ4v) is 2.26. The predicted molar refractivity (Wildman–Crippen MR) is 75.4 cm³/mol. The van der Waals surface area contributed by atoms with Crippen LogP contribution in [0.2, 0.25) is 0 Å². The number of carbonyl (C=O) groups excluding carboxylic acids is 1. The van der Waals surface area contributed by atoms with Gasteiger partial charge in [0, 0.05) is 22.0 Å². The van der Waals surface area contributed by atoms with Crippen molar-refractivity contribution in [1.82, 2.24) is 10.3 Å². The van der Waals surface area contributed by atoms with Crippen LogP contribution in [-0.2, 0) is 6.54 Å². The topological polar surface area (TPSA) is 82.5 Å². The summed E-state index contributed by atoms with van der Waals surface area (Å²) < 4.78 is 0. The molecule has 102 valence electrons. The van der Waals surface area contributed by atoms with Crippen LogP contribution in [0.4, 0.5) is 0 Å². The molecule has 0 saturated heterocycles. The molecular formula is C14H12N2O3S. The van der Waals surface area contributed by atoms with Crippen LogP contribution in [0.15, 0.2) is 29.9 Å². The summed E-state index contributed by atoms with van der Waals surface area (Å²) in [6.07, 6.45) is 2.66. The zero-order chi connectivity index (χ0) is 14.4. The van der Waals surface area contributed by atoms with Crippen molar-refractivity contribution in [2.75, 3.05) is 6.61 Å². The van der Waals surface area contributed by atoms with E-state index >= 15 is 0 Å². The molecule has 2 aromatic heterocycles. The van der Waals surface area contributed by atoms with Gasteiger partial charge in [0.25, 0.3) is 5.91 Å². The summed E-state index contributed by atoms with van der Waals surface area (Å²) in [6, 6.07) is 3.21. The number of carbonyl (C=O) groups is 1. The van der Waals surface area contributed by atoms with Gasteiger partial charge in [-0.2, -0.15) is 0 Å². The molecular weight excluding hydrogens is 276 g/mol. The van der Waals surface area contributed by atoms with Crippen LogP contribution in [-0.4, -0.2) is 27.7 Å².